The van der Waals surface area contributed by atoms with Crippen LogP contribution >= 0.6 is 27.3 Å². The molecule has 2 aromatic rings. The predicted molar refractivity (Wildman–Crippen MR) is 74.0 cm³/mol. The minimum Gasteiger partial charge on any atom is -0.477 e. The zero-order valence-electron chi connectivity index (χ0n) is 9.20. The van der Waals surface area contributed by atoms with Crippen molar-refractivity contribution in [1.29, 1.82) is 0 Å². The molecule has 0 amide bonds. The molecular formula is C10H7BrN2O4S2. The van der Waals surface area contributed by atoms with E-state index in [1.165, 1.54) is 11.6 Å². The van der Waals surface area contributed by atoms with Gasteiger partial charge in [0.2, 0.25) is 0 Å². The largest absolute Gasteiger partial charge is 0.477 e. The van der Waals surface area contributed by atoms with Gasteiger partial charge in [-0.05, 0) is 34.1 Å². The number of nitrogens with one attached hydrogen (secondary N) is 1. The molecule has 19 heavy (non-hydrogen) atoms. The van der Waals surface area contributed by atoms with Crippen molar-refractivity contribution in [3.05, 3.63) is 39.3 Å². The summed E-state index contributed by atoms with van der Waals surface area (Å²) in [7, 11) is -3.80. The van der Waals surface area contributed by atoms with Crippen LogP contribution in [-0.2, 0) is 10.0 Å². The Labute approximate surface area is 121 Å². The van der Waals surface area contributed by atoms with Crippen LogP contribution in [0.15, 0.2) is 39.3 Å². The van der Waals surface area contributed by atoms with E-state index in [1.807, 2.05) is 0 Å². The van der Waals surface area contributed by atoms with Crippen LogP contribution in [0.5, 0.6) is 0 Å². The Hall–Kier alpha value is -1.45. The van der Waals surface area contributed by atoms with Gasteiger partial charge in [-0.1, -0.05) is 0 Å². The molecule has 2 rings (SSSR count). The number of rotatable bonds is 4. The first kappa shape index (κ1) is 14.0. The molecule has 0 bridgehead atoms. The molecule has 0 atom stereocenters. The SMILES string of the molecule is O=C(O)c1cc(S(=O)(=O)Nc2ccc(Br)nc2)cs1. The molecule has 0 aliphatic heterocycles. The lowest BCUT2D eigenvalue weighted by Crippen LogP contribution is -2.12. The van der Waals surface area contributed by atoms with Gasteiger partial charge in [0.25, 0.3) is 10.0 Å². The molecule has 0 radical (unpaired) electrons. The molecule has 2 heterocycles. The Morgan fingerprint density at radius 3 is 2.68 bits per heavy atom. The highest BCUT2D eigenvalue weighted by molar-refractivity contribution is 9.10. The Kier molecular flexibility index (Phi) is 3.88. The second-order valence-electron chi connectivity index (χ2n) is 3.43. The number of aromatic nitrogens is 1. The fraction of sp³-hybridized carbons (Fsp3) is 0. The van der Waals surface area contributed by atoms with Gasteiger partial charge in [0.05, 0.1) is 16.8 Å². The van der Waals surface area contributed by atoms with Crippen molar-refractivity contribution in [2.24, 2.45) is 0 Å². The first-order valence-electron chi connectivity index (χ1n) is 4.85. The average Bonchev–Trinajstić information content (AvgIpc) is 2.82. The quantitative estimate of drug-likeness (QED) is 0.814. The van der Waals surface area contributed by atoms with Crippen LogP contribution in [-0.4, -0.2) is 24.5 Å². The van der Waals surface area contributed by atoms with E-state index in [9.17, 15) is 13.2 Å². The molecule has 0 fully saturated rings. The summed E-state index contributed by atoms with van der Waals surface area (Å²) in [5.74, 6) is -1.16. The summed E-state index contributed by atoms with van der Waals surface area (Å²) in [6, 6.07) is 4.24. The second kappa shape index (κ2) is 5.27. The Morgan fingerprint density at radius 1 is 1.42 bits per heavy atom. The number of carboxylic acid groups (broad SMARTS) is 1. The van der Waals surface area contributed by atoms with E-state index in [2.05, 4.69) is 25.6 Å². The lowest BCUT2D eigenvalue weighted by molar-refractivity contribution is 0.0702. The fourth-order valence-electron chi connectivity index (χ4n) is 1.22. The first-order chi connectivity index (χ1) is 8.88. The van der Waals surface area contributed by atoms with Crippen molar-refractivity contribution in [3.63, 3.8) is 0 Å². The molecule has 2 N–H and O–H groups in total. The van der Waals surface area contributed by atoms with Gasteiger partial charge >= 0.3 is 5.97 Å². The summed E-state index contributed by atoms with van der Waals surface area (Å²) in [4.78, 5) is 14.5. The molecule has 9 heteroatoms. The topological polar surface area (TPSA) is 96.4 Å². The van der Waals surface area contributed by atoms with Crippen LogP contribution in [0.25, 0.3) is 0 Å². The Balaban J connectivity index is 2.26. The molecule has 0 aliphatic carbocycles. The Bertz CT molecular complexity index is 709. The maximum absolute atomic E-state index is 12.0. The van der Waals surface area contributed by atoms with Gasteiger partial charge in [0.1, 0.15) is 9.48 Å². The zero-order valence-corrected chi connectivity index (χ0v) is 12.4. The third-order valence-electron chi connectivity index (χ3n) is 2.08. The lowest BCUT2D eigenvalue weighted by Gasteiger charge is -2.05. The van der Waals surface area contributed by atoms with Crippen molar-refractivity contribution in [3.8, 4) is 0 Å². The normalized spacial score (nSPS) is 11.2. The van der Waals surface area contributed by atoms with Crippen molar-refractivity contribution in [2.45, 2.75) is 4.90 Å². The van der Waals surface area contributed by atoms with Gasteiger partial charge in [-0.25, -0.2) is 18.2 Å². The van der Waals surface area contributed by atoms with Crippen molar-refractivity contribution in [2.75, 3.05) is 4.72 Å². The van der Waals surface area contributed by atoms with Crippen molar-refractivity contribution in [1.82, 2.24) is 4.98 Å². The number of anilines is 1. The van der Waals surface area contributed by atoms with Crippen molar-refractivity contribution >= 4 is 48.9 Å². The summed E-state index contributed by atoms with van der Waals surface area (Å²) in [6.07, 6.45) is 1.35. The second-order valence-corrected chi connectivity index (χ2v) is 6.83. The standard InChI is InChI=1S/C10H7BrN2O4S2/c11-9-2-1-6(4-12-9)13-19(16,17)7-3-8(10(14)15)18-5-7/h1-5,13H,(H,14,15). The fourth-order valence-corrected chi connectivity index (χ4v) is 3.61. The Morgan fingerprint density at radius 2 is 2.16 bits per heavy atom. The van der Waals surface area contributed by atoms with Crippen LogP contribution in [0.2, 0.25) is 0 Å². The maximum Gasteiger partial charge on any atom is 0.345 e. The number of pyridine rings is 1. The molecule has 0 aromatic carbocycles. The number of halogens is 1. The van der Waals surface area contributed by atoms with E-state index in [1.54, 1.807) is 12.1 Å². The highest BCUT2D eigenvalue weighted by Gasteiger charge is 2.18. The minimum atomic E-state index is -3.80. The molecule has 0 unspecified atom stereocenters. The summed E-state index contributed by atoms with van der Waals surface area (Å²) < 4.78 is 26.9. The molecule has 0 saturated carbocycles. The molecular weight excluding hydrogens is 356 g/mol. The van der Waals surface area contributed by atoms with Crippen LogP contribution < -0.4 is 4.72 Å². The van der Waals surface area contributed by atoms with E-state index in [0.29, 0.717) is 10.3 Å². The van der Waals surface area contributed by atoms with Gasteiger partial charge in [-0.15, -0.1) is 11.3 Å². The molecule has 6 nitrogen and oxygen atoms in total. The number of sulfonamides is 1. The minimum absolute atomic E-state index is 0.0330. The van der Waals surface area contributed by atoms with Crippen LogP contribution in [0.3, 0.4) is 0 Å². The average molecular weight is 363 g/mol. The van der Waals surface area contributed by atoms with Gasteiger partial charge in [-0.2, -0.15) is 0 Å². The van der Waals surface area contributed by atoms with Gasteiger partial charge < -0.3 is 5.11 Å². The van der Waals surface area contributed by atoms with Gasteiger partial charge in [0.15, 0.2) is 0 Å². The number of hydrogen-bond donors (Lipinski definition) is 2. The molecule has 0 spiro atoms. The van der Waals surface area contributed by atoms with E-state index >= 15 is 0 Å². The summed E-state index contributed by atoms with van der Waals surface area (Å²) in [6.45, 7) is 0. The highest BCUT2D eigenvalue weighted by atomic mass is 79.9. The third-order valence-corrected chi connectivity index (χ3v) is 4.97. The molecule has 0 saturated heterocycles. The van der Waals surface area contributed by atoms with Crippen LogP contribution in [0.4, 0.5) is 5.69 Å². The number of carbonyl (C=O) groups is 1. The summed E-state index contributed by atoms with van der Waals surface area (Å²) in [5.41, 5.74) is 0.297. The predicted octanol–water partition coefficient (Wildman–Crippen LogP) is 2.40. The lowest BCUT2D eigenvalue weighted by atomic mass is 10.4. The first-order valence-corrected chi connectivity index (χ1v) is 8.00. The van der Waals surface area contributed by atoms with E-state index in [4.69, 9.17) is 5.11 Å². The van der Waals surface area contributed by atoms with E-state index in [-0.39, 0.29) is 9.77 Å². The number of nitrogens with zero attached hydrogens (tertiary/aromatic N) is 1. The van der Waals surface area contributed by atoms with Gasteiger partial charge in [-0.3, -0.25) is 4.72 Å². The summed E-state index contributed by atoms with van der Waals surface area (Å²) in [5, 5.41) is 10.0. The zero-order chi connectivity index (χ0) is 14.0. The van der Waals surface area contributed by atoms with Crippen LogP contribution in [0, 0.1) is 0 Å². The molecule has 100 valence electrons. The van der Waals surface area contributed by atoms with E-state index < -0.39 is 16.0 Å². The highest BCUT2D eigenvalue weighted by Crippen LogP contribution is 2.22. The molecule has 2 aromatic heterocycles. The number of carboxylic acids is 1. The van der Waals surface area contributed by atoms with E-state index in [0.717, 1.165) is 17.4 Å². The third kappa shape index (κ3) is 3.31. The number of thiophene rings is 1. The monoisotopic (exact) mass is 362 g/mol. The smallest absolute Gasteiger partial charge is 0.345 e. The number of aromatic carboxylic acids is 1. The van der Waals surface area contributed by atoms with Gasteiger partial charge in [0, 0.05) is 5.38 Å². The molecule has 0 aliphatic rings. The number of hydrogen-bond acceptors (Lipinski definition) is 5. The maximum atomic E-state index is 12.0. The van der Waals surface area contributed by atoms with Crippen molar-refractivity contribution < 1.29 is 18.3 Å². The summed E-state index contributed by atoms with van der Waals surface area (Å²) >= 11 is 3.99. The van der Waals surface area contributed by atoms with Crippen LogP contribution in [0.1, 0.15) is 9.67 Å².